The number of likely N-dealkylation sites (tertiary alicyclic amines) is 1. The second-order valence-corrected chi connectivity index (χ2v) is 6.44. The Labute approximate surface area is 140 Å². The first kappa shape index (κ1) is 15.3. The third-order valence-corrected chi connectivity index (χ3v) is 4.84. The highest BCUT2D eigenvalue weighted by atomic mass is 16.5. The average molecular weight is 327 g/mol. The largest absolute Gasteiger partial charge is 0.365 e. The highest BCUT2D eigenvalue weighted by Gasteiger charge is 2.43. The van der Waals surface area contributed by atoms with Crippen molar-refractivity contribution >= 4 is 5.91 Å². The lowest BCUT2D eigenvalue weighted by Gasteiger charge is -2.36. The Bertz CT molecular complexity index is 717. The highest BCUT2D eigenvalue weighted by molar-refractivity contribution is 5.78. The summed E-state index contributed by atoms with van der Waals surface area (Å²) < 4.78 is 7.75. The van der Waals surface area contributed by atoms with Gasteiger partial charge >= 0.3 is 0 Å². The van der Waals surface area contributed by atoms with Crippen molar-refractivity contribution in [2.45, 2.75) is 25.2 Å². The summed E-state index contributed by atoms with van der Waals surface area (Å²) in [6, 6.07) is 4.14. The van der Waals surface area contributed by atoms with Crippen molar-refractivity contribution in [2.24, 2.45) is 7.05 Å². The van der Waals surface area contributed by atoms with Gasteiger partial charge in [0, 0.05) is 51.5 Å². The van der Waals surface area contributed by atoms with E-state index in [0.29, 0.717) is 6.54 Å². The van der Waals surface area contributed by atoms with Crippen molar-refractivity contribution in [1.29, 1.82) is 0 Å². The summed E-state index contributed by atoms with van der Waals surface area (Å²) in [6.07, 6.45) is 7.37. The number of pyridine rings is 1. The van der Waals surface area contributed by atoms with Gasteiger partial charge < -0.3 is 14.2 Å². The first-order valence-electron chi connectivity index (χ1n) is 8.19. The van der Waals surface area contributed by atoms with Crippen LogP contribution < -0.4 is 0 Å². The first-order chi connectivity index (χ1) is 11.7. The molecule has 2 saturated heterocycles. The molecule has 4 rings (SSSR count). The van der Waals surface area contributed by atoms with Crippen LogP contribution in [0, 0.1) is 0 Å². The number of imidazole rings is 1. The Morgan fingerprint density at radius 2 is 2.04 bits per heavy atom. The second kappa shape index (κ2) is 6.33. The van der Waals surface area contributed by atoms with Crippen molar-refractivity contribution in [3.63, 3.8) is 0 Å². The standard InChI is InChI=1S/C17H21N5O2/c1-20-7-6-19-16(20)11-22-14-9-21(8-13-2-4-18-5-3-13)10-15(14)24-12-17(22)23/h2-7,14-15H,8-12H2,1H3/t14-,15+/m1/s1. The summed E-state index contributed by atoms with van der Waals surface area (Å²) in [5.74, 6) is 0.946. The number of hydrogen-bond donors (Lipinski definition) is 0. The highest BCUT2D eigenvalue weighted by Crippen LogP contribution is 2.26. The normalized spacial score (nSPS) is 24.4. The van der Waals surface area contributed by atoms with E-state index in [-0.39, 0.29) is 24.7 Å². The molecule has 7 heteroatoms. The van der Waals surface area contributed by atoms with Crippen LogP contribution in [0.1, 0.15) is 11.4 Å². The van der Waals surface area contributed by atoms with E-state index in [2.05, 4.69) is 14.9 Å². The zero-order valence-corrected chi connectivity index (χ0v) is 13.7. The summed E-state index contributed by atoms with van der Waals surface area (Å²) >= 11 is 0. The molecule has 2 aliphatic heterocycles. The fraction of sp³-hybridized carbons (Fsp3) is 0.471. The van der Waals surface area contributed by atoms with Crippen LogP contribution >= 0.6 is 0 Å². The van der Waals surface area contributed by atoms with Gasteiger partial charge in [-0.25, -0.2) is 4.98 Å². The summed E-state index contributed by atoms with van der Waals surface area (Å²) in [6.45, 7) is 3.22. The number of fused-ring (bicyclic) bond motifs is 1. The van der Waals surface area contributed by atoms with Gasteiger partial charge in [0.2, 0.25) is 5.91 Å². The molecular weight excluding hydrogens is 306 g/mol. The number of rotatable bonds is 4. The first-order valence-corrected chi connectivity index (χ1v) is 8.19. The number of aryl methyl sites for hydroxylation is 1. The van der Waals surface area contributed by atoms with Crippen LogP contribution in [0.5, 0.6) is 0 Å². The van der Waals surface area contributed by atoms with Crippen LogP contribution in [-0.4, -0.2) is 62.1 Å². The van der Waals surface area contributed by atoms with Gasteiger partial charge in [0.05, 0.1) is 18.7 Å². The van der Waals surface area contributed by atoms with Crippen molar-refractivity contribution in [1.82, 2.24) is 24.3 Å². The van der Waals surface area contributed by atoms with Crippen LogP contribution in [0.2, 0.25) is 0 Å². The van der Waals surface area contributed by atoms with Gasteiger partial charge in [-0.1, -0.05) is 0 Å². The molecule has 0 spiro atoms. The van der Waals surface area contributed by atoms with Gasteiger partial charge in [-0.2, -0.15) is 0 Å². The average Bonchev–Trinajstić information content (AvgIpc) is 3.17. The number of hydrogen-bond acceptors (Lipinski definition) is 5. The maximum Gasteiger partial charge on any atom is 0.249 e. The molecule has 0 radical (unpaired) electrons. The minimum Gasteiger partial charge on any atom is -0.365 e. The number of morpholine rings is 1. The van der Waals surface area contributed by atoms with Crippen molar-refractivity contribution in [3.8, 4) is 0 Å². The summed E-state index contributed by atoms with van der Waals surface area (Å²) in [5.41, 5.74) is 1.23. The molecule has 0 aromatic carbocycles. The number of nitrogens with zero attached hydrogens (tertiary/aromatic N) is 5. The van der Waals surface area contributed by atoms with E-state index in [1.54, 1.807) is 6.20 Å². The Morgan fingerprint density at radius 3 is 2.79 bits per heavy atom. The van der Waals surface area contributed by atoms with E-state index in [1.165, 1.54) is 5.56 Å². The molecule has 0 N–H and O–H groups in total. The number of ether oxygens (including phenoxy) is 1. The molecule has 0 aliphatic carbocycles. The Hall–Kier alpha value is -2.25. The van der Waals surface area contributed by atoms with Gasteiger partial charge in [0.25, 0.3) is 0 Å². The van der Waals surface area contributed by atoms with E-state index < -0.39 is 0 Å². The molecule has 4 heterocycles. The van der Waals surface area contributed by atoms with Crippen LogP contribution in [0.4, 0.5) is 0 Å². The molecule has 0 bridgehead atoms. The molecular formula is C17H21N5O2. The SMILES string of the molecule is Cn1ccnc1CN1C(=O)CO[C@H]2CN(Cc3ccncc3)C[C@H]21. The third kappa shape index (κ3) is 2.92. The molecule has 2 fully saturated rings. The van der Waals surface area contributed by atoms with Gasteiger partial charge in [0.15, 0.2) is 0 Å². The van der Waals surface area contributed by atoms with E-state index in [9.17, 15) is 4.79 Å². The number of carbonyl (C=O) groups excluding carboxylic acids is 1. The smallest absolute Gasteiger partial charge is 0.249 e. The molecule has 24 heavy (non-hydrogen) atoms. The van der Waals surface area contributed by atoms with Gasteiger partial charge in [-0.15, -0.1) is 0 Å². The third-order valence-electron chi connectivity index (χ3n) is 4.84. The maximum atomic E-state index is 12.4. The molecule has 7 nitrogen and oxygen atoms in total. The number of amides is 1. The zero-order valence-electron chi connectivity index (χ0n) is 13.7. The van der Waals surface area contributed by atoms with Crippen molar-refractivity contribution in [3.05, 3.63) is 48.3 Å². The summed E-state index contributed by atoms with van der Waals surface area (Å²) in [5, 5.41) is 0. The quantitative estimate of drug-likeness (QED) is 0.815. The van der Waals surface area contributed by atoms with Gasteiger partial charge in [0.1, 0.15) is 12.4 Å². The lowest BCUT2D eigenvalue weighted by atomic mass is 10.1. The molecule has 2 atom stereocenters. The molecule has 126 valence electrons. The molecule has 0 unspecified atom stereocenters. The van der Waals surface area contributed by atoms with E-state index in [0.717, 1.165) is 25.5 Å². The van der Waals surface area contributed by atoms with Crippen molar-refractivity contribution < 1.29 is 9.53 Å². The molecule has 2 aromatic heterocycles. The Balaban J connectivity index is 1.48. The number of carbonyl (C=O) groups is 1. The van der Waals surface area contributed by atoms with E-state index in [1.807, 2.05) is 47.2 Å². The minimum atomic E-state index is 0.0463. The van der Waals surface area contributed by atoms with Crippen LogP contribution in [0.3, 0.4) is 0 Å². The summed E-state index contributed by atoms with van der Waals surface area (Å²) in [7, 11) is 1.95. The van der Waals surface area contributed by atoms with Gasteiger partial charge in [-0.05, 0) is 17.7 Å². The van der Waals surface area contributed by atoms with Crippen LogP contribution in [-0.2, 0) is 29.7 Å². The second-order valence-electron chi connectivity index (χ2n) is 6.44. The van der Waals surface area contributed by atoms with Crippen LogP contribution in [0.25, 0.3) is 0 Å². The lowest BCUT2D eigenvalue weighted by Crippen LogP contribution is -2.53. The van der Waals surface area contributed by atoms with Crippen molar-refractivity contribution in [2.75, 3.05) is 19.7 Å². The predicted molar refractivity (Wildman–Crippen MR) is 86.8 cm³/mol. The minimum absolute atomic E-state index is 0.0463. The Morgan fingerprint density at radius 1 is 1.21 bits per heavy atom. The monoisotopic (exact) mass is 327 g/mol. The van der Waals surface area contributed by atoms with E-state index >= 15 is 0 Å². The summed E-state index contributed by atoms with van der Waals surface area (Å²) in [4.78, 5) is 25.1. The molecule has 0 saturated carbocycles. The Kier molecular flexibility index (Phi) is 4.03. The molecule has 2 aliphatic rings. The predicted octanol–water partition coefficient (Wildman–Crippen LogP) is 0.427. The molecule has 1 amide bonds. The van der Waals surface area contributed by atoms with Gasteiger partial charge in [-0.3, -0.25) is 14.7 Å². The van der Waals surface area contributed by atoms with E-state index in [4.69, 9.17) is 4.74 Å². The van der Waals surface area contributed by atoms with Crippen LogP contribution in [0.15, 0.2) is 36.9 Å². The maximum absolute atomic E-state index is 12.4. The number of aromatic nitrogens is 3. The fourth-order valence-electron chi connectivity index (χ4n) is 3.52. The fourth-order valence-corrected chi connectivity index (χ4v) is 3.52. The molecule has 2 aromatic rings. The lowest BCUT2D eigenvalue weighted by molar-refractivity contribution is -0.154. The topological polar surface area (TPSA) is 63.5 Å². The zero-order chi connectivity index (χ0) is 16.5.